The topological polar surface area (TPSA) is 72.7 Å². The van der Waals surface area contributed by atoms with E-state index in [2.05, 4.69) is 36.8 Å². The number of carbonyl (C=O) groups is 1. The van der Waals surface area contributed by atoms with Crippen LogP contribution in [-0.4, -0.2) is 31.9 Å². The van der Waals surface area contributed by atoms with Crippen LogP contribution in [0, 0.1) is 6.92 Å². The Kier molecular flexibility index (Phi) is 5.27. The Hall–Kier alpha value is -2.19. The number of hydrogen-bond donors (Lipinski definition) is 1. The molecule has 1 N–H and O–H groups in total. The number of carbonyl (C=O) groups excluding carboxylic acids is 1. The summed E-state index contributed by atoms with van der Waals surface area (Å²) in [5, 5.41) is 15.1. The molecule has 6 nitrogen and oxygen atoms in total. The van der Waals surface area contributed by atoms with Crippen molar-refractivity contribution in [1.29, 1.82) is 0 Å². The number of aryl methyl sites for hydroxylation is 1. The summed E-state index contributed by atoms with van der Waals surface area (Å²) in [5.41, 5.74) is 2.76. The molecule has 0 aliphatic heterocycles. The predicted molar refractivity (Wildman–Crippen MR) is 97.4 cm³/mol. The third-order valence-electron chi connectivity index (χ3n) is 3.18. The minimum Gasteiger partial charge on any atom is -0.325 e. The predicted octanol–water partition coefficient (Wildman–Crippen LogP) is 3.46. The molecule has 0 bridgehead atoms. The van der Waals surface area contributed by atoms with Crippen LogP contribution in [0.15, 0.2) is 58.2 Å². The van der Waals surface area contributed by atoms with Crippen molar-refractivity contribution >= 4 is 39.3 Å². The Labute approximate surface area is 151 Å². The van der Waals surface area contributed by atoms with E-state index in [-0.39, 0.29) is 11.7 Å². The SMILES string of the molecule is Cc1ccc(NC(=O)CSc2nnnn2-c2ccc(Br)cc2)cc1. The summed E-state index contributed by atoms with van der Waals surface area (Å²) in [4.78, 5) is 12.1. The lowest BCUT2D eigenvalue weighted by atomic mass is 10.2. The van der Waals surface area contributed by atoms with E-state index in [1.807, 2.05) is 55.5 Å². The number of anilines is 1. The Morgan fingerprint density at radius 1 is 1.17 bits per heavy atom. The quantitative estimate of drug-likeness (QED) is 0.660. The van der Waals surface area contributed by atoms with Gasteiger partial charge in [-0.3, -0.25) is 4.79 Å². The number of hydrogen-bond acceptors (Lipinski definition) is 5. The summed E-state index contributed by atoms with van der Waals surface area (Å²) in [6, 6.07) is 15.3. The normalized spacial score (nSPS) is 10.6. The van der Waals surface area contributed by atoms with Gasteiger partial charge in [0.05, 0.1) is 11.4 Å². The first-order chi connectivity index (χ1) is 11.6. The smallest absolute Gasteiger partial charge is 0.234 e. The molecule has 24 heavy (non-hydrogen) atoms. The van der Waals surface area contributed by atoms with Gasteiger partial charge in [0.25, 0.3) is 0 Å². The largest absolute Gasteiger partial charge is 0.325 e. The minimum absolute atomic E-state index is 0.103. The molecule has 0 saturated carbocycles. The fourth-order valence-electron chi connectivity index (χ4n) is 1.98. The van der Waals surface area contributed by atoms with Gasteiger partial charge >= 0.3 is 0 Å². The van der Waals surface area contributed by atoms with Gasteiger partial charge < -0.3 is 5.32 Å². The molecule has 2 aromatic carbocycles. The summed E-state index contributed by atoms with van der Waals surface area (Å²) in [5.74, 6) is 0.124. The van der Waals surface area contributed by atoms with Crippen molar-refractivity contribution in [2.45, 2.75) is 12.1 Å². The van der Waals surface area contributed by atoms with Crippen molar-refractivity contribution in [2.75, 3.05) is 11.1 Å². The lowest BCUT2D eigenvalue weighted by Crippen LogP contribution is -2.14. The number of nitrogens with zero attached hydrogens (tertiary/aromatic N) is 4. The zero-order valence-electron chi connectivity index (χ0n) is 12.8. The van der Waals surface area contributed by atoms with E-state index in [1.54, 1.807) is 4.68 Å². The summed E-state index contributed by atoms with van der Waals surface area (Å²) in [6.45, 7) is 2.00. The van der Waals surface area contributed by atoms with Crippen LogP contribution < -0.4 is 5.32 Å². The molecule has 0 fully saturated rings. The van der Waals surface area contributed by atoms with E-state index in [0.717, 1.165) is 21.4 Å². The van der Waals surface area contributed by atoms with Crippen LogP contribution in [0.25, 0.3) is 5.69 Å². The number of halogens is 1. The first kappa shape index (κ1) is 16.7. The van der Waals surface area contributed by atoms with Crippen LogP contribution in [0.4, 0.5) is 5.69 Å². The Morgan fingerprint density at radius 2 is 1.88 bits per heavy atom. The molecule has 1 heterocycles. The van der Waals surface area contributed by atoms with Gasteiger partial charge in [0, 0.05) is 10.2 Å². The molecule has 3 rings (SSSR count). The van der Waals surface area contributed by atoms with Gasteiger partial charge in [-0.05, 0) is 53.7 Å². The molecule has 1 amide bonds. The molecular weight excluding hydrogens is 390 g/mol. The molecule has 0 aliphatic carbocycles. The number of thioether (sulfide) groups is 1. The summed E-state index contributed by atoms with van der Waals surface area (Å²) in [6.07, 6.45) is 0. The van der Waals surface area contributed by atoms with Crippen molar-refractivity contribution in [3.8, 4) is 5.69 Å². The second kappa shape index (κ2) is 7.59. The molecule has 1 aromatic heterocycles. The van der Waals surface area contributed by atoms with Crippen LogP contribution in [-0.2, 0) is 4.79 Å². The third-order valence-corrected chi connectivity index (χ3v) is 4.63. The van der Waals surface area contributed by atoms with Crippen LogP contribution in [0.3, 0.4) is 0 Å². The van der Waals surface area contributed by atoms with Crippen molar-refractivity contribution in [3.63, 3.8) is 0 Å². The number of amides is 1. The average molecular weight is 404 g/mol. The van der Waals surface area contributed by atoms with E-state index in [1.165, 1.54) is 11.8 Å². The standard InChI is InChI=1S/C16H14BrN5OS/c1-11-2-6-13(7-3-11)18-15(23)10-24-16-19-20-21-22(16)14-8-4-12(17)5-9-14/h2-9H,10H2,1H3,(H,18,23). The van der Waals surface area contributed by atoms with Crippen molar-refractivity contribution in [2.24, 2.45) is 0 Å². The molecule has 0 unspecified atom stereocenters. The highest BCUT2D eigenvalue weighted by molar-refractivity contribution is 9.10. The molecule has 122 valence electrons. The second-order valence-corrected chi connectivity index (χ2v) is 6.91. The van der Waals surface area contributed by atoms with Gasteiger partial charge in [-0.15, -0.1) is 5.10 Å². The summed E-state index contributed by atoms with van der Waals surface area (Å²) < 4.78 is 2.59. The first-order valence-electron chi connectivity index (χ1n) is 7.15. The molecule has 3 aromatic rings. The van der Waals surface area contributed by atoms with Crippen molar-refractivity contribution < 1.29 is 4.79 Å². The fraction of sp³-hybridized carbons (Fsp3) is 0.125. The maximum Gasteiger partial charge on any atom is 0.234 e. The van der Waals surface area contributed by atoms with E-state index >= 15 is 0 Å². The maximum atomic E-state index is 12.1. The third kappa shape index (κ3) is 4.21. The maximum absolute atomic E-state index is 12.1. The Balaban J connectivity index is 1.63. The number of rotatable bonds is 5. The number of tetrazole rings is 1. The molecular formula is C16H14BrN5OS. The average Bonchev–Trinajstić information content (AvgIpc) is 3.04. The van der Waals surface area contributed by atoms with Crippen LogP contribution in [0.2, 0.25) is 0 Å². The zero-order chi connectivity index (χ0) is 16.9. The molecule has 0 saturated heterocycles. The van der Waals surface area contributed by atoms with E-state index in [4.69, 9.17) is 0 Å². The summed E-state index contributed by atoms with van der Waals surface area (Å²) in [7, 11) is 0. The zero-order valence-corrected chi connectivity index (χ0v) is 15.2. The van der Waals surface area contributed by atoms with Crippen LogP contribution in [0.5, 0.6) is 0 Å². The van der Waals surface area contributed by atoms with Crippen LogP contribution in [0.1, 0.15) is 5.56 Å². The molecule has 8 heteroatoms. The van der Waals surface area contributed by atoms with E-state index in [0.29, 0.717) is 5.16 Å². The molecule has 0 radical (unpaired) electrons. The van der Waals surface area contributed by atoms with Gasteiger partial charge in [0.15, 0.2) is 0 Å². The second-order valence-electron chi connectivity index (χ2n) is 5.05. The fourth-order valence-corrected chi connectivity index (χ4v) is 2.93. The highest BCUT2D eigenvalue weighted by Crippen LogP contribution is 2.20. The molecule has 0 atom stereocenters. The number of aromatic nitrogens is 4. The Morgan fingerprint density at radius 3 is 2.58 bits per heavy atom. The Bertz CT molecular complexity index is 832. The summed E-state index contributed by atoms with van der Waals surface area (Å²) >= 11 is 4.68. The highest BCUT2D eigenvalue weighted by Gasteiger charge is 2.11. The van der Waals surface area contributed by atoms with Crippen molar-refractivity contribution in [1.82, 2.24) is 20.2 Å². The van der Waals surface area contributed by atoms with Gasteiger partial charge in [0.2, 0.25) is 11.1 Å². The van der Waals surface area contributed by atoms with Gasteiger partial charge in [-0.2, -0.15) is 4.68 Å². The lowest BCUT2D eigenvalue weighted by Gasteiger charge is -2.06. The van der Waals surface area contributed by atoms with Crippen LogP contribution >= 0.6 is 27.7 Å². The molecule has 0 aliphatic rings. The monoisotopic (exact) mass is 403 g/mol. The van der Waals surface area contributed by atoms with Gasteiger partial charge in [-0.25, -0.2) is 0 Å². The van der Waals surface area contributed by atoms with Gasteiger partial charge in [0.1, 0.15) is 0 Å². The van der Waals surface area contributed by atoms with E-state index in [9.17, 15) is 4.79 Å². The molecule has 0 spiro atoms. The lowest BCUT2D eigenvalue weighted by molar-refractivity contribution is -0.113. The van der Waals surface area contributed by atoms with Gasteiger partial charge in [-0.1, -0.05) is 45.4 Å². The van der Waals surface area contributed by atoms with E-state index < -0.39 is 0 Å². The highest BCUT2D eigenvalue weighted by atomic mass is 79.9. The number of nitrogens with one attached hydrogen (secondary N) is 1. The first-order valence-corrected chi connectivity index (χ1v) is 8.93. The minimum atomic E-state index is -0.103. The number of benzene rings is 2. The van der Waals surface area contributed by atoms with Crippen molar-refractivity contribution in [3.05, 3.63) is 58.6 Å².